The second kappa shape index (κ2) is 5.68. The molecule has 0 N–H and O–H groups in total. The molecule has 0 aliphatic heterocycles. The van der Waals surface area contributed by atoms with E-state index in [1.54, 1.807) is 6.20 Å². The van der Waals surface area contributed by atoms with E-state index < -0.39 is 0 Å². The van der Waals surface area contributed by atoms with Gasteiger partial charge in [0.05, 0.1) is 5.69 Å². The van der Waals surface area contributed by atoms with Crippen LogP contribution >= 0.6 is 0 Å². The number of nitrogens with zero attached hydrogens (tertiary/aromatic N) is 3. The highest BCUT2D eigenvalue weighted by atomic mass is 14.9. The summed E-state index contributed by atoms with van der Waals surface area (Å²) in [6.45, 7) is 8.34. The maximum atomic E-state index is 4.78. The van der Waals surface area contributed by atoms with Crippen LogP contribution in [0.25, 0.3) is 22.8 Å². The van der Waals surface area contributed by atoms with Gasteiger partial charge in [0.15, 0.2) is 5.82 Å². The van der Waals surface area contributed by atoms with Gasteiger partial charge in [0.25, 0.3) is 0 Å². The fourth-order valence-corrected chi connectivity index (χ4v) is 2.85. The molecule has 0 bridgehead atoms. The summed E-state index contributed by atoms with van der Waals surface area (Å²) < 4.78 is 0. The van der Waals surface area contributed by atoms with Crippen LogP contribution in [0.3, 0.4) is 0 Å². The Hall–Kier alpha value is -2.55. The summed E-state index contributed by atoms with van der Waals surface area (Å²) in [5.41, 5.74) is 7.68. The Kier molecular flexibility index (Phi) is 3.72. The molecule has 0 spiro atoms. The lowest BCUT2D eigenvalue weighted by molar-refractivity contribution is 1.09. The molecule has 110 valence electrons. The van der Waals surface area contributed by atoms with Crippen molar-refractivity contribution in [1.29, 1.82) is 0 Å². The molecular formula is C19H19N3. The number of hydrogen-bond donors (Lipinski definition) is 0. The van der Waals surface area contributed by atoms with Gasteiger partial charge in [-0.1, -0.05) is 23.8 Å². The average Bonchev–Trinajstić information content (AvgIpc) is 2.46. The number of pyridine rings is 1. The fraction of sp³-hybridized carbons (Fsp3) is 0.211. The van der Waals surface area contributed by atoms with Gasteiger partial charge in [-0.2, -0.15) is 0 Å². The summed E-state index contributed by atoms with van der Waals surface area (Å²) in [5.74, 6) is 0.671. The average molecular weight is 289 g/mol. The van der Waals surface area contributed by atoms with Crippen LogP contribution in [0.15, 0.2) is 42.6 Å². The van der Waals surface area contributed by atoms with E-state index in [1.165, 1.54) is 22.3 Å². The zero-order valence-corrected chi connectivity index (χ0v) is 13.4. The van der Waals surface area contributed by atoms with Crippen LogP contribution in [0.5, 0.6) is 0 Å². The molecule has 0 unspecified atom stereocenters. The Morgan fingerprint density at radius 2 is 1.45 bits per heavy atom. The van der Waals surface area contributed by atoms with Crippen LogP contribution in [0.4, 0.5) is 0 Å². The predicted molar refractivity (Wildman–Crippen MR) is 89.6 cm³/mol. The monoisotopic (exact) mass is 289 g/mol. The first-order valence-electron chi connectivity index (χ1n) is 7.40. The summed E-state index contributed by atoms with van der Waals surface area (Å²) in [7, 11) is 0. The minimum absolute atomic E-state index is 0.671. The molecular weight excluding hydrogens is 270 g/mol. The Bertz CT molecular complexity index is 815. The highest BCUT2D eigenvalue weighted by Crippen LogP contribution is 2.28. The highest BCUT2D eigenvalue weighted by Gasteiger charge is 2.10. The first-order chi connectivity index (χ1) is 10.5. The van der Waals surface area contributed by atoms with Gasteiger partial charge >= 0.3 is 0 Å². The Balaban J connectivity index is 2.13. The molecule has 22 heavy (non-hydrogen) atoms. The van der Waals surface area contributed by atoms with Gasteiger partial charge in [-0.05, 0) is 57.0 Å². The lowest BCUT2D eigenvalue weighted by Crippen LogP contribution is -1.97. The van der Waals surface area contributed by atoms with Crippen molar-refractivity contribution in [2.24, 2.45) is 0 Å². The topological polar surface area (TPSA) is 38.7 Å². The molecule has 0 saturated carbocycles. The Morgan fingerprint density at radius 3 is 2.14 bits per heavy atom. The van der Waals surface area contributed by atoms with Crippen LogP contribution in [0.1, 0.15) is 22.4 Å². The van der Waals surface area contributed by atoms with Crippen molar-refractivity contribution in [1.82, 2.24) is 15.0 Å². The molecule has 1 aromatic carbocycles. The summed E-state index contributed by atoms with van der Waals surface area (Å²) >= 11 is 0. The van der Waals surface area contributed by atoms with Crippen molar-refractivity contribution in [2.75, 3.05) is 0 Å². The molecule has 0 radical (unpaired) electrons. The van der Waals surface area contributed by atoms with E-state index in [9.17, 15) is 0 Å². The van der Waals surface area contributed by atoms with Crippen LogP contribution in [-0.2, 0) is 0 Å². The van der Waals surface area contributed by atoms with Crippen molar-refractivity contribution in [3.63, 3.8) is 0 Å². The van der Waals surface area contributed by atoms with Crippen LogP contribution in [0, 0.1) is 27.7 Å². The third kappa shape index (κ3) is 2.75. The third-order valence-corrected chi connectivity index (χ3v) is 3.71. The molecule has 3 rings (SSSR count). The molecule has 0 amide bonds. The van der Waals surface area contributed by atoms with Gasteiger partial charge in [-0.25, -0.2) is 15.0 Å². The second-order valence-electron chi connectivity index (χ2n) is 5.70. The molecule has 0 saturated heterocycles. The minimum atomic E-state index is 0.671. The summed E-state index contributed by atoms with van der Waals surface area (Å²) in [6, 6.07) is 12.3. The third-order valence-electron chi connectivity index (χ3n) is 3.71. The molecule has 2 aromatic heterocycles. The molecule has 0 atom stereocenters. The number of aryl methyl sites for hydroxylation is 4. The van der Waals surface area contributed by atoms with E-state index in [0.29, 0.717) is 5.82 Å². The van der Waals surface area contributed by atoms with Crippen LogP contribution in [-0.4, -0.2) is 15.0 Å². The minimum Gasteiger partial charge on any atom is -0.244 e. The number of benzene rings is 1. The highest BCUT2D eigenvalue weighted by molar-refractivity contribution is 5.70. The van der Waals surface area contributed by atoms with Gasteiger partial charge in [-0.3, -0.25) is 0 Å². The Labute approximate surface area is 131 Å². The van der Waals surface area contributed by atoms with Gasteiger partial charge in [0, 0.05) is 17.5 Å². The van der Waals surface area contributed by atoms with Crippen molar-refractivity contribution in [2.45, 2.75) is 27.7 Å². The number of aromatic nitrogens is 3. The standard InChI is InChI=1S/C19H19N3/c1-12-10-13(2)18(14(3)11-12)16-6-5-7-17(22-16)19-20-9-8-15(4)21-19/h5-11H,1-4H3. The van der Waals surface area contributed by atoms with E-state index in [-0.39, 0.29) is 0 Å². The van der Waals surface area contributed by atoms with E-state index >= 15 is 0 Å². The molecule has 2 heterocycles. The smallest absolute Gasteiger partial charge is 0.178 e. The summed E-state index contributed by atoms with van der Waals surface area (Å²) in [6.07, 6.45) is 1.77. The molecule has 3 heteroatoms. The normalized spacial score (nSPS) is 10.7. The predicted octanol–water partition coefficient (Wildman–Crippen LogP) is 4.44. The van der Waals surface area contributed by atoms with Gasteiger partial charge in [0.1, 0.15) is 5.69 Å². The van der Waals surface area contributed by atoms with Crippen molar-refractivity contribution in [3.05, 3.63) is 65.0 Å². The maximum absolute atomic E-state index is 4.78. The Morgan fingerprint density at radius 1 is 0.773 bits per heavy atom. The van der Waals surface area contributed by atoms with Crippen LogP contribution in [0.2, 0.25) is 0 Å². The van der Waals surface area contributed by atoms with Crippen molar-refractivity contribution >= 4 is 0 Å². The van der Waals surface area contributed by atoms with E-state index in [1.807, 2.05) is 31.2 Å². The number of rotatable bonds is 2. The largest absolute Gasteiger partial charge is 0.244 e. The molecule has 0 fully saturated rings. The first-order valence-corrected chi connectivity index (χ1v) is 7.40. The summed E-state index contributed by atoms with van der Waals surface area (Å²) in [4.78, 5) is 13.6. The molecule has 3 aromatic rings. The fourth-order valence-electron chi connectivity index (χ4n) is 2.85. The van der Waals surface area contributed by atoms with E-state index in [0.717, 1.165) is 17.1 Å². The molecule has 3 nitrogen and oxygen atoms in total. The summed E-state index contributed by atoms with van der Waals surface area (Å²) in [5, 5.41) is 0. The lowest BCUT2D eigenvalue weighted by Gasteiger charge is -2.11. The second-order valence-corrected chi connectivity index (χ2v) is 5.70. The lowest BCUT2D eigenvalue weighted by atomic mass is 9.97. The van der Waals surface area contributed by atoms with E-state index in [4.69, 9.17) is 4.98 Å². The number of hydrogen-bond acceptors (Lipinski definition) is 3. The zero-order valence-electron chi connectivity index (χ0n) is 13.4. The van der Waals surface area contributed by atoms with E-state index in [2.05, 4.69) is 42.9 Å². The van der Waals surface area contributed by atoms with Gasteiger partial charge < -0.3 is 0 Å². The first kappa shape index (κ1) is 14.4. The van der Waals surface area contributed by atoms with Crippen molar-refractivity contribution < 1.29 is 0 Å². The maximum Gasteiger partial charge on any atom is 0.178 e. The molecule has 0 aliphatic carbocycles. The van der Waals surface area contributed by atoms with Crippen molar-refractivity contribution in [3.8, 4) is 22.8 Å². The van der Waals surface area contributed by atoms with Gasteiger partial charge in [0.2, 0.25) is 0 Å². The SMILES string of the molecule is Cc1cc(C)c(-c2cccc(-c3nccc(C)n3)n2)c(C)c1. The van der Waals surface area contributed by atoms with Crippen LogP contribution < -0.4 is 0 Å². The quantitative estimate of drug-likeness (QED) is 0.700. The van der Waals surface area contributed by atoms with Gasteiger partial charge in [-0.15, -0.1) is 0 Å². The zero-order chi connectivity index (χ0) is 15.7. The molecule has 0 aliphatic rings.